The number of carbonyl (C=O) groups is 1. The fraction of sp³-hybridized carbons (Fsp3) is 0.182. The number of anilines is 2. The highest BCUT2D eigenvalue weighted by atomic mass is 32.2. The molecule has 4 rings (SSSR count). The molecule has 31 heavy (non-hydrogen) atoms. The van der Waals surface area contributed by atoms with E-state index in [1.54, 1.807) is 24.3 Å². The first-order valence-corrected chi connectivity index (χ1v) is 11.2. The maximum Gasteiger partial charge on any atom is 0.221 e. The normalized spacial score (nSPS) is 19.8. The van der Waals surface area contributed by atoms with Crippen molar-refractivity contribution in [2.24, 2.45) is 5.73 Å². The number of benzene rings is 2. The Morgan fingerprint density at radius 1 is 1.19 bits per heavy atom. The Balaban J connectivity index is 1.89. The molecule has 0 aromatic heterocycles. The summed E-state index contributed by atoms with van der Waals surface area (Å²) in [6.45, 7) is 1.39. The number of halogens is 1. The number of hydrogen-bond acceptors (Lipinski definition) is 6. The molecule has 0 aliphatic carbocycles. The van der Waals surface area contributed by atoms with E-state index in [0.29, 0.717) is 22.6 Å². The number of nitrogens with two attached hydrogens (primary N) is 1. The maximum atomic E-state index is 13.4. The summed E-state index contributed by atoms with van der Waals surface area (Å²) >= 11 is 0. The summed E-state index contributed by atoms with van der Waals surface area (Å²) in [7, 11) is -3.64. The Morgan fingerprint density at radius 3 is 2.42 bits per heavy atom. The first kappa shape index (κ1) is 20.6. The lowest BCUT2D eigenvalue weighted by Gasteiger charge is -2.35. The van der Waals surface area contributed by atoms with Gasteiger partial charge in [0.05, 0.1) is 28.2 Å². The standard InChI is InChI=1S/C22H19FN4O3S/c1-13(28)26-16-6-2-14(3-7-16)20-18(12-24)22(25)27(17-8-4-15(23)5-9-17)19-10-11-31(29,30)21(19)20/h2-9,20H,10-11,25H2,1H3,(H,26,28)/t20-/m1/s1. The van der Waals surface area contributed by atoms with E-state index < -0.39 is 21.6 Å². The SMILES string of the molecule is CC(=O)Nc1ccc([C@@H]2C(C#N)=C(N)N(c3ccc(F)cc3)C3=C2S(=O)(=O)CC3)cc1. The van der Waals surface area contributed by atoms with Crippen LogP contribution in [0.5, 0.6) is 0 Å². The smallest absolute Gasteiger partial charge is 0.221 e. The van der Waals surface area contributed by atoms with E-state index in [1.165, 1.54) is 36.1 Å². The summed E-state index contributed by atoms with van der Waals surface area (Å²) in [6, 6.07) is 14.2. The number of carbonyl (C=O) groups excluding carboxylic acids is 1. The minimum absolute atomic E-state index is 0.0954. The van der Waals surface area contributed by atoms with Crippen molar-refractivity contribution < 1.29 is 17.6 Å². The first-order chi connectivity index (χ1) is 14.7. The Morgan fingerprint density at radius 2 is 1.84 bits per heavy atom. The van der Waals surface area contributed by atoms with Crippen LogP contribution in [0.25, 0.3) is 0 Å². The third-order valence-electron chi connectivity index (χ3n) is 5.33. The highest BCUT2D eigenvalue weighted by molar-refractivity contribution is 7.95. The van der Waals surface area contributed by atoms with Crippen molar-refractivity contribution >= 4 is 27.1 Å². The summed E-state index contributed by atoms with van der Waals surface area (Å²) < 4.78 is 39.5. The van der Waals surface area contributed by atoms with Crippen LogP contribution in [-0.2, 0) is 14.6 Å². The van der Waals surface area contributed by atoms with Crippen LogP contribution in [0.2, 0.25) is 0 Å². The highest BCUT2D eigenvalue weighted by Gasteiger charge is 2.45. The van der Waals surface area contributed by atoms with Gasteiger partial charge in [0, 0.05) is 30.4 Å². The molecule has 1 atom stereocenters. The average Bonchev–Trinajstić information content (AvgIpc) is 3.03. The second-order valence-corrected chi connectivity index (χ2v) is 9.42. The number of nitrogens with zero attached hydrogens (tertiary/aromatic N) is 2. The second-order valence-electron chi connectivity index (χ2n) is 7.34. The molecule has 2 aromatic carbocycles. The van der Waals surface area contributed by atoms with E-state index in [4.69, 9.17) is 5.73 Å². The fourth-order valence-corrected chi connectivity index (χ4v) is 5.89. The molecule has 158 valence electrons. The number of sulfone groups is 1. The summed E-state index contributed by atoms with van der Waals surface area (Å²) in [5, 5.41) is 12.6. The van der Waals surface area contributed by atoms with Crippen LogP contribution in [-0.4, -0.2) is 20.1 Å². The van der Waals surface area contributed by atoms with Crippen LogP contribution in [0.3, 0.4) is 0 Å². The van der Waals surface area contributed by atoms with Crippen LogP contribution < -0.4 is 16.0 Å². The molecule has 2 aromatic rings. The number of amides is 1. The minimum atomic E-state index is -3.64. The van der Waals surface area contributed by atoms with Gasteiger partial charge in [-0.1, -0.05) is 12.1 Å². The Hall–Kier alpha value is -3.64. The highest BCUT2D eigenvalue weighted by Crippen LogP contribution is 2.48. The van der Waals surface area contributed by atoms with Gasteiger partial charge < -0.3 is 11.1 Å². The number of allylic oxidation sites excluding steroid dienone is 3. The van der Waals surface area contributed by atoms with Gasteiger partial charge >= 0.3 is 0 Å². The molecule has 0 saturated heterocycles. The zero-order chi connectivity index (χ0) is 22.3. The van der Waals surface area contributed by atoms with Gasteiger partial charge in [0.2, 0.25) is 5.91 Å². The molecule has 1 amide bonds. The van der Waals surface area contributed by atoms with Gasteiger partial charge in [0.1, 0.15) is 11.6 Å². The summed E-state index contributed by atoms with van der Waals surface area (Å²) in [5.41, 5.74) is 8.57. The molecular weight excluding hydrogens is 419 g/mol. The van der Waals surface area contributed by atoms with Gasteiger partial charge in [-0.3, -0.25) is 9.69 Å². The largest absolute Gasteiger partial charge is 0.384 e. The molecule has 0 radical (unpaired) electrons. The number of hydrogen-bond donors (Lipinski definition) is 2. The number of nitrogens with one attached hydrogen (secondary N) is 1. The lowest BCUT2D eigenvalue weighted by molar-refractivity contribution is -0.114. The van der Waals surface area contributed by atoms with Crippen LogP contribution in [0.1, 0.15) is 24.8 Å². The van der Waals surface area contributed by atoms with Gasteiger partial charge in [-0.25, -0.2) is 12.8 Å². The van der Waals surface area contributed by atoms with Gasteiger partial charge in [0.15, 0.2) is 9.84 Å². The zero-order valence-electron chi connectivity index (χ0n) is 16.6. The van der Waals surface area contributed by atoms with Crippen LogP contribution in [0.15, 0.2) is 70.5 Å². The number of rotatable bonds is 3. The second kappa shape index (κ2) is 7.56. The van der Waals surface area contributed by atoms with Crippen molar-refractivity contribution in [1.82, 2.24) is 0 Å². The third-order valence-corrected chi connectivity index (χ3v) is 7.22. The Bertz CT molecular complexity index is 1270. The van der Waals surface area contributed by atoms with Crippen molar-refractivity contribution in [2.45, 2.75) is 19.3 Å². The van der Waals surface area contributed by atoms with Crippen molar-refractivity contribution in [3.05, 3.63) is 81.9 Å². The lowest BCUT2D eigenvalue weighted by Crippen LogP contribution is -2.34. The van der Waals surface area contributed by atoms with Gasteiger partial charge in [-0.2, -0.15) is 5.26 Å². The molecular formula is C22H19FN4O3S. The van der Waals surface area contributed by atoms with Crippen molar-refractivity contribution in [3.8, 4) is 6.07 Å². The van der Waals surface area contributed by atoms with Crippen molar-refractivity contribution in [1.29, 1.82) is 5.26 Å². The lowest BCUT2D eigenvalue weighted by atomic mass is 9.87. The fourth-order valence-electron chi connectivity index (χ4n) is 4.04. The molecule has 0 unspecified atom stereocenters. The molecule has 9 heteroatoms. The van der Waals surface area contributed by atoms with E-state index in [2.05, 4.69) is 11.4 Å². The average molecular weight is 438 g/mol. The summed E-state index contributed by atoms with van der Waals surface area (Å²) in [6.07, 6.45) is 0.231. The molecule has 0 spiro atoms. The maximum absolute atomic E-state index is 13.4. The summed E-state index contributed by atoms with van der Waals surface area (Å²) in [4.78, 5) is 12.9. The van der Waals surface area contributed by atoms with Gasteiger partial charge in [-0.15, -0.1) is 0 Å². The minimum Gasteiger partial charge on any atom is -0.384 e. The summed E-state index contributed by atoms with van der Waals surface area (Å²) in [5.74, 6) is -1.50. The predicted molar refractivity (Wildman–Crippen MR) is 115 cm³/mol. The molecule has 3 N–H and O–H groups in total. The van der Waals surface area contributed by atoms with Crippen molar-refractivity contribution in [2.75, 3.05) is 16.0 Å². The molecule has 2 aliphatic rings. The monoisotopic (exact) mass is 438 g/mol. The van der Waals surface area contributed by atoms with Crippen LogP contribution in [0.4, 0.5) is 15.8 Å². The van der Waals surface area contributed by atoms with Gasteiger partial charge in [0.25, 0.3) is 0 Å². The molecule has 0 bridgehead atoms. The topological polar surface area (TPSA) is 116 Å². The van der Waals surface area contributed by atoms with E-state index >= 15 is 0 Å². The zero-order valence-corrected chi connectivity index (χ0v) is 17.4. The van der Waals surface area contributed by atoms with E-state index in [-0.39, 0.29) is 34.4 Å². The first-order valence-electron chi connectivity index (χ1n) is 9.51. The predicted octanol–water partition coefficient (Wildman–Crippen LogP) is 3.11. The third kappa shape index (κ3) is 3.55. The Kier molecular flexibility index (Phi) is 5.03. The van der Waals surface area contributed by atoms with Crippen LogP contribution in [0, 0.1) is 17.1 Å². The Labute approximate surface area is 179 Å². The molecule has 0 fully saturated rings. The van der Waals surface area contributed by atoms with Crippen molar-refractivity contribution in [3.63, 3.8) is 0 Å². The van der Waals surface area contributed by atoms with Gasteiger partial charge in [-0.05, 0) is 42.0 Å². The quantitative estimate of drug-likeness (QED) is 0.761. The van der Waals surface area contributed by atoms with E-state index in [1.807, 2.05) is 0 Å². The van der Waals surface area contributed by atoms with Crippen LogP contribution >= 0.6 is 0 Å². The van der Waals surface area contributed by atoms with E-state index in [9.17, 15) is 22.9 Å². The number of nitriles is 1. The van der Waals surface area contributed by atoms with E-state index in [0.717, 1.165) is 0 Å². The molecule has 7 nitrogen and oxygen atoms in total. The molecule has 0 saturated carbocycles. The molecule has 2 heterocycles. The molecule has 2 aliphatic heterocycles.